The van der Waals surface area contributed by atoms with Crippen LogP contribution in [-0.4, -0.2) is 52.5 Å². The molecular formula is C27H40F3N5O4. The molecule has 1 aliphatic heterocycles. The number of nitrogens with zero attached hydrogens (tertiary/aromatic N) is 3. The summed E-state index contributed by atoms with van der Waals surface area (Å²) in [5.74, 6) is -1.83. The number of pyridine rings is 1. The molecule has 1 aromatic heterocycles. The lowest BCUT2D eigenvalue weighted by Gasteiger charge is -2.38. The van der Waals surface area contributed by atoms with Crippen molar-refractivity contribution in [1.29, 1.82) is 0 Å². The van der Waals surface area contributed by atoms with E-state index in [4.69, 9.17) is 10.8 Å². The van der Waals surface area contributed by atoms with Crippen LogP contribution in [0.1, 0.15) is 77.5 Å². The minimum absolute atomic E-state index is 0.0431. The topological polar surface area (TPSA) is 130 Å². The summed E-state index contributed by atoms with van der Waals surface area (Å²) in [4.78, 5) is 34.3. The number of rotatable bonds is 5. The summed E-state index contributed by atoms with van der Waals surface area (Å²) < 4.78 is 43.2. The number of anilines is 1. The van der Waals surface area contributed by atoms with E-state index in [0.29, 0.717) is 0 Å². The Balaban J connectivity index is 0.00000162. The molecule has 2 aromatic rings. The van der Waals surface area contributed by atoms with Gasteiger partial charge in [-0.1, -0.05) is 27.7 Å². The second kappa shape index (κ2) is 16.3. The van der Waals surface area contributed by atoms with Gasteiger partial charge in [0.15, 0.2) is 5.96 Å². The third-order valence-corrected chi connectivity index (χ3v) is 4.89. The highest BCUT2D eigenvalue weighted by Gasteiger charge is 2.45. The third kappa shape index (κ3) is 10.2. The molecule has 1 atom stereocenters. The first-order chi connectivity index (χ1) is 18.2. The van der Waals surface area contributed by atoms with Crippen LogP contribution in [0.25, 0.3) is 0 Å². The molecule has 0 spiro atoms. The summed E-state index contributed by atoms with van der Waals surface area (Å²) in [5, 5.41) is 10.6. The molecule has 4 N–H and O–H groups in total. The van der Waals surface area contributed by atoms with Crippen LogP contribution in [0.4, 0.5) is 18.9 Å². The van der Waals surface area contributed by atoms with Crippen LogP contribution in [0.5, 0.6) is 5.75 Å². The van der Waals surface area contributed by atoms with Crippen molar-refractivity contribution in [3.8, 4) is 5.75 Å². The number of hydrogen-bond donors (Lipinski definition) is 3. The minimum Gasteiger partial charge on any atom is -0.433 e. The fourth-order valence-electron chi connectivity index (χ4n) is 3.21. The van der Waals surface area contributed by atoms with Gasteiger partial charge in [-0.3, -0.25) is 14.5 Å². The molecule has 218 valence electrons. The minimum atomic E-state index is -3.01. The summed E-state index contributed by atoms with van der Waals surface area (Å²) in [6, 6.07) is 5.32. The maximum atomic E-state index is 14.6. The lowest BCUT2D eigenvalue weighted by Crippen LogP contribution is -2.51. The molecule has 0 radical (unpaired) electrons. The number of nitrogens with one attached hydrogen (secondary N) is 1. The predicted molar refractivity (Wildman–Crippen MR) is 146 cm³/mol. The zero-order valence-corrected chi connectivity index (χ0v) is 23.9. The monoisotopic (exact) mass is 555 g/mol. The maximum Gasteiger partial charge on any atom is 0.387 e. The van der Waals surface area contributed by atoms with Gasteiger partial charge in [-0.25, -0.2) is 14.4 Å². The number of benzene rings is 1. The molecule has 1 unspecified atom stereocenters. The molecule has 3 rings (SSSR count). The van der Waals surface area contributed by atoms with Gasteiger partial charge < -0.3 is 20.9 Å². The molecule has 0 saturated carbocycles. The van der Waals surface area contributed by atoms with Gasteiger partial charge in [-0.2, -0.15) is 8.78 Å². The Hall–Kier alpha value is -3.67. The Morgan fingerprint density at radius 2 is 1.72 bits per heavy atom. The van der Waals surface area contributed by atoms with Gasteiger partial charge in [0, 0.05) is 24.4 Å². The van der Waals surface area contributed by atoms with Crippen LogP contribution >= 0.6 is 0 Å². The Labute approximate surface area is 228 Å². The lowest BCUT2D eigenvalue weighted by molar-refractivity contribution is -0.137. The average molecular weight is 556 g/mol. The zero-order valence-electron chi connectivity index (χ0n) is 23.9. The fraction of sp³-hybridized carbons (Fsp3) is 0.481. The number of nitrogens with two attached hydrogens (primary N) is 1. The van der Waals surface area contributed by atoms with Crippen LogP contribution in [0.3, 0.4) is 0 Å². The standard InChI is InChI=1S/C20H20F3N5O3.C3H8O.2C2H6/c1-20(2)15(27-19(24)28(3)17(20)30)12-8-10(4-6-13(12)21)26-16(29)14-7-5-11(9-25-14)31-18(22)23;1-3(2)4;2*1-2/h4-9,15,18H,1-3H3,(H2,24,27)(H,26,29);3-4H,1-2H3;2*1-2H3. The van der Waals surface area contributed by atoms with Crippen molar-refractivity contribution in [3.63, 3.8) is 0 Å². The van der Waals surface area contributed by atoms with Crippen molar-refractivity contribution in [2.75, 3.05) is 12.4 Å². The SMILES string of the molecule is CC.CC.CC(C)O.CN1C(=O)C(C)(C)C(c2cc(NC(=O)c3ccc(OC(F)F)cn3)ccc2F)N=C1N. The molecular weight excluding hydrogens is 515 g/mol. The Bertz CT molecular complexity index is 1090. The van der Waals surface area contributed by atoms with Gasteiger partial charge in [0.2, 0.25) is 5.91 Å². The summed E-state index contributed by atoms with van der Waals surface area (Å²) in [6.07, 6.45) is 0.821. The highest BCUT2D eigenvalue weighted by molar-refractivity contribution is 6.03. The van der Waals surface area contributed by atoms with Gasteiger partial charge in [-0.05, 0) is 58.0 Å². The number of aliphatic hydroxyl groups excluding tert-OH is 1. The van der Waals surface area contributed by atoms with Crippen molar-refractivity contribution >= 4 is 23.5 Å². The Morgan fingerprint density at radius 3 is 2.21 bits per heavy atom. The number of carbonyl (C=O) groups excluding carboxylic acids is 2. The number of aliphatic hydroxyl groups is 1. The second-order valence-corrected chi connectivity index (χ2v) is 8.52. The number of hydrogen-bond acceptors (Lipinski definition) is 7. The van der Waals surface area contributed by atoms with Gasteiger partial charge in [-0.15, -0.1) is 0 Å². The number of alkyl halides is 2. The van der Waals surface area contributed by atoms with Crippen molar-refractivity contribution in [2.24, 2.45) is 16.1 Å². The van der Waals surface area contributed by atoms with E-state index < -0.39 is 29.8 Å². The number of guanidine groups is 1. The number of carbonyl (C=O) groups is 2. The number of aromatic nitrogens is 1. The Kier molecular flexibility index (Phi) is 14.8. The van der Waals surface area contributed by atoms with Crippen LogP contribution in [0.15, 0.2) is 41.5 Å². The molecule has 2 amide bonds. The highest BCUT2D eigenvalue weighted by Crippen LogP contribution is 2.42. The van der Waals surface area contributed by atoms with E-state index in [1.165, 1.54) is 36.2 Å². The molecule has 1 aliphatic rings. The summed E-state index contributed by atoms with van der Waals surface area (Å²) >= 11 is 0. The van der Waals surface area contributed by atoms with E-state index >= 15 is 0 Å². The van der Waals surface area contributed by atoms with Crippen LogP contribution in [0.2, 0.25) is 0 Å². The van der Waals surface area contributed by atoms with Crippen molar-refractivity contribution in [2.45, 2.75) is 74.1 Å². The molecule has 2 heterocycles. The van der Waals surface area contributed by atoms with Gasteiger partial charge in [0.05, 0.1) is 17.7 Å². The third-order valence-electron chi connectivity index (χ3n) is 4.89. The van der Waals surface area contributed by atoms with E-state index in [1.54, 1.807) is 27.7 Å². The summed E-state index contributed by atoms with van der Waals surface area (Å²) in [5.41, 5.74) is 4.97. The van der Waals surface area contributed by atoms with Crippen molar-refractivity contribution in [1.82, 2.24) is 9.88 Å². The molecule has 0 bridgehead atoms. The quantitative estimate of drug-likeness (QED) is 0.455. The van der Waals surface area contributed by atoms with E-state index in [1.807, 2.05) is 27.7 Å². The molecule has 0 fully saturated rings. The zero-order chi connectivity index (χ0) is 30.5. The number of amides is 2. The van der Waals surface area contributed by atoms with Crippen LogP contribution in [-0.2, 0) is 4.79 Å². The first-order valence-corrected chi connectivity index (χ1v) is 12.5. The van der Waals surface area contributed by atoms with Gasteiger partial charge >= 0.3 is 6.61 Å². The summed E-state index contributed by atoms with van der Waals surface area (Å²) in [6.45, 7) is 11.7. The van der Waals surface area contributed by atoms with E-state index in [-0.39, 0.29) is 40.7 Å². The lowest BCUT2D eigenvalue weighted by atomic mass is 9.78. The second-order valence-electron chi connectivity index (χ2n) is 8.52. The fourth-order valence-corrected chi connectivity index (χ4v) is 3.21. The number of halogens is 3. The molecule has 39 heavy (non-hydrogen) atoms. The van der Waals surface area contributed by atoms with E-state index in [9.17, 15) is 22.8 Å². The smallest absolute Gasteiger partial charge is 0.387 e. The average Bonchev–Trinajstić information content (AvgIpc) is 2.88. The predicted octanol–water partition coefficient (Wildman–Crippen LogP) is 5.37. The largest absolute Gasteiger partial charge is 0.433 e. The van der Waals surface area contributed by atoms with Crippen molar-refractivity contribution in [3.05, 3.63) is 53.6 Å². The molecule has 12 heteroatoms. The normalized spacial score (nSPS) is 15.6. The first-order valence-electron chi connectivity index (χ1n) is 12.5. The van der Waals surface area contributed by atoms with Crippen molar-refractivity contribution < 1.29 is 32.6 Å². The van der Waals surface area contributed by atoms with Crippen LogP contribution in [0, 0.1) is 11.2 Å². The highest BCUT2D eigenvalue weighted by atomic mass is 19.3. The van der Waals surface area contributed by atoms with E-state index in [2.05, 4.69) is 20.0 Å². The molecule has 9 nitrogen and oxygen atoms in total. The molecule has 0 aliphatic carbocycles. The van der Waals surface area contributed by atoms with Crippen LogP contribution < -0.4 is 15.8 Å². The van der Waals surface area contributed by atoms with Gasteiger partial charge in [0.25, 0.3) is 5.91 Å². The first kappa shape index (κ1) is 35.3. The van der Waals surface area contributed by atoms with Gasteiger partial charge in [0.1, 0.15) is 17.3 Å². The molecule has 1 aromatic carbocycles. The Morgan fingerprint density at radius 1 is 1.15 bits per heavy atom. The maximum absolute atomic E-state index is 14.6. The number of aliphatic imine (C=N–C) groups is 1. The number of ether oxygens (including phenoxy) is 1. The molecule has 0 saturated heterocycles. The van der Waals surface area contributed by atoms with E-state index in [0.717, 1.165) is 12.3 Å². The summed E-state index contributed by atoms with van der Waals surface area (Å²) in [7, 11) is 1.48.